The van der Waals surface area contributed by atoms with Gasteiger partial charge < -0.3 is 20.1 Å². The number of halogens is 2. The van der Waals surface area contributed by atoms with E-state index in [1.54, 1.807) is 0 Å². The van der Waals surface area contributed by atoms with E-state index in [1.807, 2.05) is 38.1 Å². The summed E-state index contributed by atoms with van der Waals surface area (Å²) >= 11 is 0. The third kappa shape index (κ3) is 5.67. The molecule has 0 bridgehead atoms. The van der Waals surface area contributed by atoms with Crippen LogP contribution in [0.1, 0.15) is 30.5 Å². The molecule has 8 heteroatoms. The summed E-state index contributed by atoms with van der Waals surface area (Å²) < 4.78 is 34.3. The Kier molecular flexibility index (Phi) is 7.31. The van der Waals surface area contributed by atoms with Crippen molar-refractivity contribution in [3.8, 4) is 11.5 Å². The zero-order valence-electron chi connectivity index (χ0n) is 15.8. The molecule has 0 aromatic heterocycles. The minimum atomic E-state index is -3.05. The largest absolute Gasteiger partial charge is 0.493 e. The Morgan fingerprint density at radius 2 is 1.71 bits per heavy atom. The Hall–Kier alpha value is -3.16. The number of methoxy groups -OCH3 is 1. The van der Waals surface area contributed by atoms with Crippen LogP contribution in [0.5, 0.6) is 11.5 Å². The van der Waals surface area contributed by atoms with Gasteiger partial charge in [0.05, 0.1) is 13.2 Å². The Labute approximate surface area is 161 Å². The maximum absolute atomic E-state index is 12.5. The molecular weight excluding hydrogens is 370 g/mol. The van der Waals surface area contributed by atoms with E-state index >= 15 is 0 Å². The molecular formula is C20H22F2N2O4. The van der Waals surface area contributed by atoms with Crippen LogP contribution in [0.2, 0.25) is 0 Å². The summed E-state index contributed by atoms with van der Waals surface area (Å²) in [6.45, 7) is 0.792. The lowest BCUT2D eigenvalue weighted by Gasteiger charge is -2.17. The van der Waals surface area contributed by atoms with Crippen LogP contribution in [0.4, 0.5) is 14.5 Å². The van der Waals surface area contributed by atoms with E-state index in [2.05, 4.69) is 15.4 Å². The van der Waals surface area contributed by atoms with Crippen LogP contribution in [0.25, 0.3) is 0 Å². The number of amides is 2. The number of carbonyl (C=O) groups excluding carboxylic acids is 2. The third-order valence-electron chi connectivity index (χ3n) is 4.04. The highest BCUT2D eigenvalue weighted by molar-refractivity contribution is 6.39. The fraction of sp³-hybridized carbons (Fsp3) is 0.300. The summed E-state index contributed by atoms with van der Waals surface area (Å²) in [6.07, 6.45) is 0.594. The SMILES string of the molecule is CCC(NC(=O)C(=O)Nc1ccc(OC)c(OC(F)F)c1)c1ccc(C)cc1. The summed E-state index contributed by atoms with van der Waals surface area (Å²) in [5, 5.41) is 5.03. The van der Waals surface area contributed by atoms with Crippen molar-refractivity contribution >= 4 is 17.5 Å². The molecule has 6 nitrogen and oxygen atoms in total. The average Bonchev–Trinajstić information content (AvgIpc) is 2.66. The van der Waals surface area contributed by atoms with Gasteiger partial charge in [0.15, 0.2) is 11.5 Å². The molecule has 0 spiro atoms. The van der Waals surface area contributed by atoms with E-state index < -0.39 is 18.4 Å². The molecule has 0 heterocycles. The van der Waals surface area contributed by atoms with Gasteiger partial charge in [0.25, 0.3) is 0 Å². The lowest BCUT2D eigenvalue weighted by molar-refractivity contribution is -0.136. The molecule has 2 aromatic carbocycles. The first kappa shape index (κ1) is 21.1. The molecule has 0 aliphatic rings. The van der Waals surface area contributed by atoms with Gasteiger partial charge in [-0.1, -0.05) is 36.8 Å². The molecule has 0 aliphatic heterocycles. The van der Waals surface area contributed by atoms with Crippen molar-refractivity contribution in [1.29, 1.82) is 0 Å². The number of benzene rings is 2. The Morgan fingerprint density at radius 1 is 1.04 bits per heavy atom. The molecule has 0 radical (unpaired) electrons. The first-order chi connectivity index (χ1) is 13.3. The number of anilines is 1. The van der Waals surface area contributed by atoms with Gasteiger partial charge in [-0.3, -0.25) is 9.59 Å². The number of ether oxygens (including phenoxy) is 2. The van der Waals surface area contributed by atoms with Crippen molar-refractivity contribution in [2.24, 2.45) is 0 Å². The molecule has 2 amide bonds. The van der Waals surface area contributed by atoms with Crippen LogP contribution in [-0.4, -0.2) is 25.5 Å². The molecule has 2 rings (SSSR count). The topological polar surface area (TPSA) is 76.7 Å². The number of alkyl halides is 2. The van der Waals surface area contributed by atoms with Gasteiger partial charge in [0.1, 0.15) is 0 Å². The van der Waals surface area contributed by atoms with Crippen LogP contribution in [0.3, 0.4) is 0 Å². The molecule has 1 atom stereocenters. The van der Waals surface area contributed by atoms with E-state index in [0.717, 1.165) is 17.2 Å². The van der Waals surface area contributed by atoms with E-state index in [-0.39, 0.29) is 23.2 Å². The molecule has 0 fully saturated rings. The number of hydrogen-bond donors (Lipinski definition) is 2. The van der Waals surface area contributed by atoms with Crippen molar-refractivity contribution < 1.29 is 27.8 Å². The summed E-state index contributed by atoms with van der Waals surface area (Å²) in [5.41, 5.74) is 2.09. The smallest absolute Gasteiger partial charge is 0.387 e. The fourth-order valence-corrected chi connectivity index (χ4v) is 2.57. The van der Waals surface area contributed by atoms with Gasteiger partial charge in [-0.15, -0.1) is 0 Å². The predicted molar refractivity (Wildman–Crippen MR) is 101 cm³/mol. The Balaban J connectivity index is 2.07. The molecule has 28 heavy (non-hydrogen) atoms. The van der Waals surface area contributed by atoms with E-state index in [4.69, 9.17) is 4.74 Å². The maximum atomic E-state index is 12.5. The number of nitrogens with one attached hydrogen (secondary N) is 2. The number of hydrogen-bond acceptors (Lipinski definition) is 4. The molecule has 2 aromatic rings. The predicted octanol–water partition coefficient (Wildman–Crippen LogP) is 3.81. The summed E-state index contributed by atoms with van der Waals surface area (Å²) in [5.74, 6) is -1.92. The van der Waals surface area contributed by atoms with Crippen LogP contribution in [-0.2, 0) is 9.59 Å². The third-order valence-corrected chi connectivity index (χ3v) is 4.04. The van der Waals surface area contributed by atoms with Crippen molar-refractivity contribution in [1.82, 2.24) is 5.32 Å². The van der Waals surface area contributed by atoms with E-state index in [9.17, 15) is 18.4 Å². The highest BCUT2D eigenvalue weighted by atomic mass is 19.3. The Bertz CT molecular complexity index is 825. The first-order valence-electron chi connectivity index (χ1n) is 8.65. The lowest BCUT2D eigenvalue weighted by atomic mass is 10.0. The molecule has 0 saturated heterocycles. The van der Waals surface area contributed by atoms with Crippen molar-refractivity contribution in [2.75, 3.05) is 12.4 Å². The minimum absolute atomic E-state index is 0.0770. The van der Waals surface area contributed by atoms with Crippen LogP contribution in [0.15, 0.2) is 42.5 Å². The number of carbonyl (C=O) groups is 2. The normalized spacial score (nSPS) is 11.6. The molecule has 0 aliphatic carbocycles. The first-order valence-corrected chi connectivity index (χ1v) is 8.65. The molecule has 2 N–H and O–H groups in total. The minimum Gasteiger partial charge on any atom is -0.493 e. The lowest BCUT2D eigenvalue weighted by Crippen LogP contribution is -2.37. The number of rotatable bonds is 7. The second-order valence-electron chi connectivity index (χ2n) is 6.04. The fourth-order valence-electron chi connectivity index (χ4n) is 2.57. The molecule has 150 valence electrons. The van der Waals surface area contributed by atoms with Crippen LogP contribution in [0, 0.1) is 6.92 Å². The van der Waals surface area contributed by atoms with Gasteiger partial charge >= 0.3 is 18.4 Å². The summed E-state index contributed by atoms with van der Waals surface area (Å²) in [6, 6.07) is 11.2. The van der Waals surface area contributed by atoms with Crippen molar-refractivity contribution in [3.63, 3.8) is 0 Å². The monoisotopic (exact) mass is 392 g/mol. The quantitative estimate of drug-likeness (QED) is 0.703. The summed E-state index contributed by atoms with van der Waals surface area (Å²) in [4.78, 5) is 24.4. The highest BCUT2D eigenvalue weighted by Crippen LogP contribution is 2.31. The van der Waals surface area contributed by atoms with Crippen LogP contribution >= 0.6 is 0 Å². The standard InChI is InChI=1S/C20H22F2N2O4/c1-4-15(13-7-5-12(2)6-8-13)24-19(26)18(25)23-14-9-10-16(27-3)17(11-14)28-20(21)22/h5-11,15,20H,4H2,1-3H3,(H,23,25)(H,24,26). The molecule has 0 saturated carbocycles. The Morgan fingerprint density at radius 3 is 2.29 bits per heavy atom. The van der Waals surface area contributed by atoms with Crippen molar-refractivity contribution in [2.45, 2.75) is 32.9 Å². The van der Waals surface area contributed by atoms with Gasteiger partial charge in [-0.2, -0.15) is 8.78 Å². The zero-order chi connectivity index (χ0) is 20.7. The van der Waals surface area contributed by atoms with E-state index in [0.29, 0.717) is 6.42 Å². The maximum Gasteiger partial charge on any atom is 0.387 e. The highest BCUT2D eigenvalue weighted by Gasteiger charge is 2.20. The molecule has 1 unspecified atom stereocenters. The van der Waals surface area contributed by atoms with Crippen LogP contribution < -0.4 is 20.1 Å². The zero-order valence-corrected chi connectivity index (χ0v) is 15.8. The van der Waals surface area contributed by atoms with E-state index in [1.165, 1.54) is 19.2 Å². The second-order valence-corrected chi connectivity index (χ2v) is 6.04. The number of aryl methyl sites for hydroxylation is 1. The summed E-state index contributed by atoms with van der Waals surface area (Å²) in [7, 11) is 1.30. The second kappa shape index (κ2) is 9.68. The van der Waals surface area contributed by atoms with Gasteiger partial charge in [-0.05, 0) is 31.0 Å². The van der Waals surface area contributed by atoms with Gasteiger partial charge in [0, 0.05) is 11.8 Å². The average molecular weight is 392 g/mol. The van der Waals surface area contributed by atoms with Gasteiger partial charge in [0.2, 0.25) is 0 Å². The van der Waals surface area contributed by atoms with Crippen molar-refractivity contribution in [3.05, 3.63) is 53.6 Å². The van der Waals surface area contributed by atoms with Gasteiger partial charge in [-0.25, -0.2) is 0 Å².